The van der Waals surface area contributed by atoms with Gasteiger partial charge < -0.3 is 25.2 Å². The molecule has 3 N–H and O–H groups in total. The van der Waals surface area contributed by atoms with Crippen molar-refractivity contribution in [1.82, 2.24) is 14.5 Å². The molecule has 140 valence electrons. The number of aliphatic hydroxyl groups excluding tert-OH is 1. The third-order valence-electron chi connectivity index (χ3n) is 3.99. The molecule has 0 radical (unpaired) electrons. The van der Waals surface area contributed by atoms with E-state index in [0.717, 1.165) is 5.56 Å². The number of aliphatic hydroxyl groups is 1. The van der Waals surface area contributed by atoms with E-state index in [2.05, 4.69) is 15.6 Å². The van der Waals surface area contributed by atoms with E-state index in [9.17, 15) is 14.7 Å². The minimum absolute atomic E-state index is 0.0946. The first-order chi connectivity index (χ1) is 12.4. The number of imidazole rings is 1. The summed E-state index contributed by atoms with van der Waals surface area (Å²) in [5.41, 5.74) is 2.09. The average Bonchev–Trinajstić information content (AvgIpc) is 3.02. The quantitative estimate of drug-likeness (QED) is 0.705. The second-order valence-electron chi connectivity index (χ2n) is 5.96. The number of nitrogens with zero attached hydrogens (tertiary/aromatic N) is 3. The summed E-state index contributed by atoms with van der Waals surface area (Å²) in [6, 6.07) is 5.00. The molecule has 2 aromatic rings. The summed E-state index contributed by atoms with van der Waals surface area (Å²) < 4.78 is 1.82. The van der Waals surface area contributed by atoms with Gasteiger partial charge in [-0.25, -0.2) is 9.78 Å². The van der Waals surface area contributed by atoms with Crippen LogP contribution in [0.4, 0.5) is 16.2 Å². The van der Waals surface area contributed by atoms with Crippen molar-refractivity contribution in [1.29, 1.82) is 0 Å². The minimum atomic E-state index is -0.343. The summed E-state index contributed by atoms with van der Waals surface area (Å²) in [7, 11) is 1.85. The highest BCUT2D eigenvalue weighted by Gasteiger charge is 2.17. The predicted octanol–water partition coefficient (Wildman–Crippen LogP) is 2.10. The maximum atomic E-state index is 12.7. The lowest BCUT2D eigenvalue weighted by Crippen LogP contribution is -2.37. The Kier molecular flexibility index (Phi) is 6.74. The van der Waals surface area contributed by atoms with Crippen molar-refractivity contribution in [3.05, 3.63) is 42.0 Å². The first kappa shape index (κ1) is 19.5. The number of nitrogens with one attached hydrogen (secondary N) is 2. The molecular weight excluding hydrogens is 334 g/mol. The van der Waals surface area contributed by atoms with Gasteiger partial charge in [0.25, 0.3) is 0 Å². The highest BCUT2D eigenvalue weighted by atomic mass is 16.3. The van der Waals surface area contributed by atoms with Crippen molar-refractivity contribution < 1.29 is 14.7 Å². The number of carbonyl (C=O) groups excluding carboxylic acids is 2. The van der Waals surface area contributed by atoms with Crippen LogP contribution in [0.25, 0.3) is 0 Å². The van der Waals surface area contributed by atoms with Crippen LogP contribution in [0.3, 0.4) is 0 Å². The van der Waals surface area contributed by atoms with Gasteiger partial charge in [0.15, 0.2) is 0 Å². The number of hydrogen-bond acceptors (Lipinski definition) is 4. The van der Waals surface area contributed by atoms with Gasteiger partial charge in [0, 0.05) is 43.8 Å². The van der Waals surface area contributed by atoms with E-state index in [0.29, 0.717) is 23.6 Å². The fourth-order valence-electron chi connectivity index (χ4n) is 2.37. The van der Waals surface area contributed by atoms with Crippen LogP contribution in [0.1, 0.15) is 24.7 Å². The molecule has 0 unspecified atom stereocenters. The Morgan fingerprint density at radius 3 is 2.69 bits per heavy atom. The second-order valence-corrected chi connectivity index (χ2v) is 5.96. The van der Waals surface area contributed by atoms with Gasteiger partial charge in [0.05, 0.1) is 13.2 Å². The van der Waals surface area contributed by atoms with Gasteiger partial charge in [-0.3, -0.25) is 4.79 Å². The molecule has 0 saturated carbocycles. The number of urea groups is 1. The van der Waals surface area contributed by atoms with Crippen LogP contribution in [0, 0.1) is 6.92 Å². The molecule has 0 aliphatic carbocycles. The number of amides is 3. The lowest BCUT2D eigenvalue weighted by atomic mass is 10.1. The zero-order valence-electron chi connectivity index (χ0n) is 15.3. The molecule has 0 saturated heterocycles. The Morgan fingerprint density at radius 2 is 2.08 bits per heavy atom. The maximum Gasteiger partial charge on any atom is 0.322 e. The Morgan fingerprint density at radius 1 is 1.31 bits per heavy atom. The van der Waals surface area contributed by atoms with Crippen LogP contribution in [-0.2, 0) is 18.4 Å². The molecule has 0 fully saturated rings. The normalized spacial score (nSPS) is 10.5. The molecule has 1 heterocycles. The lowest BCUT2D eigenvalue weighted by Gasteiger charge is -2.22. The van der Waals surface area contributed by atoms with Crippen molar-refractivity contribution in [3.8, 4) is 0 Å². The van der Waals surface area contributed by atoms with E-state index >= 15 is 0 Å². The minimum Gasteiger partial charge on any atom is -0.395 e. The third-order valence-corrected chi connectivity index (χ3v) is 3.99. The van der Waals surface area contributed by atoms with E-state index in [4.69, 9.17) is 0 Å². The van der Waals surface area contributed by atoms with Crippen molar-refractivity contribution in [2.75, 3.05) is 23.8 Å². The first-order valence-corrected chi connectivity index (χ1v) is 8.48. The molecular formula is C18H25N5O3. The molecule has 3 amide bonds. The van der Waals surface area contributed by atoms with Gasteiger partial charge in [-0.2, -0.15) is 0 Å². The Bertz CT molecular complexity index is 772. The van der Waals surface area contributed by atoms with Gasteiger partial charge in [0.1, 0.15) is 5.82 Å². The zero-order valence-corrected chi connectivity index (χ0v) is 15.3. The Labute approximate surface area is 152 Å². The average molecular weight is 359 g/mol. The topological polar surface area (TPSA) is 99.5 Å². The van der Waals surface area contributed by atoms with Crippen LogP contribution in [0.2, 0.25) is 0 Å². The summed E-state index contributed by atoms with van der Waals surface area (Å²) in [6.45, 7) is 3.96. The molecule has 26 heavy (non-hydrogen) atoms. The SMILES string of the molecule is CCC(=O)Nc1ccc(C)c(NC(=O)N(CCO)Cc2nccn2C)c1. The molecule has 0 aliphatic rings. The molecule has 2 rings (SSSR count). The highest BCUT2D eigenvalue weighted by Crippen LogP contribution is 2.21. The van der Waals surface area contributed by atoms with Gasteiger partial charge >= 0.3 is 6.03 Å². The lowest BCUT2D eigenvalue weighted by molar-refractivity contribution is -0.115. The monoisotopic (exact) mass is 359 g/mol. The molecule has 1 aromatic carbocycles. The van der Waals surface area contributed by atoms with E-state index < -0.39 is 0 Å². The largest absolute Gasteiger partial charge is 0.395 e. The molecule has 0 bridgehead atoms. The molecule has 1 aromatic heterocycles. The number of anilines is 2. The molecule has 8 nitrogen and oxygen atoms in total. The van der Waals surface area contributed by atoms with E-state index in [1.54, 1.807) is 31.5 Å². The molecule has 0 spiro atoms. The fraction of sp³-hybridized carbons (Fsp3) is 0.389. The smallest absolute Gasteiger partial charge is 0.322 e. The Balaban J connectivity index is 2.13. The second kappa shape index (κ2) is 9.00. The Hall–Kier alpha value is -2.87. The molecule has 0 aliphatic heterocycles. The van der Waals surface area contributed by atoms with E-state index in [1.807, 2.05) is 24.6 Å². The fourth-order valence-corrected chi connectivity index (χ4v) is 2.37. The third kappa shape index (κ3) is 5.06. The van der Waals surface area contributed by atoms with Gasteiger partial charge in [-0.05, 0) is 24.6 Å². The zero-order chi connectivity index (χ0) is 19.1. The number of carbonyl (C=O) groups is 2. The van der Waals surface area contributed by atoms with Crippen molar-refractivity contribution in [2.45, 2.75) is 26.8 Å². The number of hydrogen-bond donors (Lipinski definition) is 3. The van der Waals surface area contributed by atoms with Crippen molar-refractivity contribution in [2.24, 2.45) is 7.05 Å². The number of aryl methyl sites for hydroxylation is 2. The molecule has 8 heteroatoms. The summed E-state index contributed by atoms with van der Waals surface area (Å²) in [5.74, 6) is 0.622. The van der Waals surface area contributed by atoms with Crippen LogP contribution in [0.5, 0.6) is 0 Å². The van der Waals surface area contributed by atoms with Crippen molar-refractivity contribution in [3.63, 3.8) is 0 Å². The number of rotatable bonds is 7. The van der Waals surface area contributed by atoms with Crippen LogP contribution < -0.4 is 10.6 Å². The maximum absolute atomic E-state index is 12.7. The standard InChI is InChI=1S/C18H25N5O3/c1-4-17(25)20-14-6-5-13(2)15(11-14)21-18(26)23(9-10-24)12-16-19-7-8-22(16)3/h5-8,11,24H,4,9-10,12H2,1-3H3,(H,20,25)(H,21,26). The summed E-state index contributed by atoms with van der Waals surface area (Å²) >= 11 is 0. The summed E-state index contributed by atoms with van der Waals surface area (Å²) in [5, 5.41) is 14.9. The summed E-state index contributed by atoms with van der Waals surface area (Å²) in [6.07, 6.45) is 3.84. The molecule has 0 atom stereocenters. The van der Waals surface area contributed by atoms with Crippen LogP contribution in [0.15, 0.2) is 30.6 Å². The van der Waals surface area contributed by atoms with Gasteiger partial charge in [-0.1, -0.05) is 13.0 Å². The first-order valence-electron chi connectivity index (χ1n) is 8.48. The van der Waals surface area contributed by atoms with E-state index in [-0.39, 0.29) is 31.6 Å². The number of benzene rings is 1. The van der Waals surface area contributed by atoms with Gasteiger partial charge in [0.2, 0.25) is 5.91 Å². The van der Waals surface area contributed by atoms with Crippen molar-refractivity contribution >= 4 is 23.3 Å². The van der Waals surface area contributed by atoms with E-state index in [1.165, 1.54) is 4.90 Å². The predicted molar refractivity (Wildman–Crippen MR) is 99.8 cm³/mol. The number of aromatic nitrogens is 2. The van der Waals surface area contributed by atoms with Crippen LogP contribution in [-0.4, -0.2) is 44.6 Å². The van der Waals surface area contributed by atoms with Crippen LogP contribution >= 0.6 is 0 Å². The van der Waals surface area contributed by atoms with Gasteiger partial charge in [-0.15, -0.1) is 0 Å². The highest BCUT2D eigenvalue weighted by molar-refractivity contribution is 5.94. The summed E-state index contributed by atoms with van der Waals surface area (Å²) in [4.78, 5) is 29.9.